The fraction of sp³-hybridized carbons (Fsp3) is 0.200. The van der Waals surface area contributed by atoms with E-state index in [-0.39, 0.29) is 23.5 Å². The molecule has 0 saturated carbocycles. The van der Waals surface area contributed by atoms with Crippen LogP contribution in [0.2, 0.25) is 0 Å². The molecule has 0 bridgehead atoms. The molecule has 72 valence electrons. The van der Waals surface area contributed by atoms with E-state index in [9.17, 15) is 14.0 Å². The Bertz CT molecular complexity index is 428. The van der Waals surface area contributed by atoms with Crippen LogP contribution in [0, 0.1) is 5.82 Å². The molecule has 0 aliphatic carbocycles. The zero-order valence-corrected chi connectivity index (χ0v) is 7.58. The standard InChI is InChI=1S/C10H8FNO2/c1-12-9(13)5-7-6(10(12)14)3-2-4-8(7)11/h2-4H,5H2,1H3. The van der Waals surface area contributed by atoms with Crippen molar-refractivity contribution in [2.75, 3.05) is 7.05 Å². The Balaban J connectivity index is 2.62. The molecule has 3 nitrogen and oxygen atoms in total. The van der Waals surface area contributed by atoms with Gasteiger partial charge < -0.3 is 0 Å². The molecular weight excluding hydrogens is 185 g/mol. The third kappa shape index (κ3) is 1.11. The summed E-state index contributed by atoms with van der Waals surface area (Å²) in [7, 11) is 1.40. The molecule has 2 rings (SSSR count). The molecule has 2 amide bonds. The Hall–Kier alpha value is -1.71. The Labute approximate surface area is 80.1 Å². The van der Waals surface area contributed by atoms with Crippen molar-refractivity contribution in [1.82, 2.24) is 4.90 Å². The van der Waals surface area contributed by atoms with Crippen molar-refractivity contribution in [3.63, 3.8) is 0 Å². The minimum Gasteiger partial charge on any atom is -0.281 e. The minimum absolute atomic E-state index is 0.0375. The molecule has 0 saturated heterocycles. The fourth-order valence-electron chi connectivity index (χ4n) is 1.50. The summed E-state index contributed by atoms with van der Waals surface area (Å²) < 4.78 is 13.2. The van der Waals surface area contributed by atoms with E-state index in [0.717, 1.165) is 4.90 Å². The van der Waals surface area contributed by atoms with Crippen LogP contribution in [0.25, 0.3) is 0 Å². The van der Waals surface area contributed by atoms with E-state index in [2.05, 4.69) is 0 Å². The first-order valence-corrected chi connectivity index (χ1v) is 4.19. The third-order valence-electron chi connectivity index (χ3n) is 2.36. The van der Waals surface area contributed by atoms with Crippen molar-refractivity contribution >= 4 is 11.8 Å². The minimum atomic E-state index is -0.489. The lowest BCUT2D eigenvalue weighted by atomic mass is 9.98. The van der Waals surface area contributed by atoms with E-state index in [1.165, 1.54) is 25.2 Å². The van der Waals surface area contributed by atoms with Crippen molar-refractivity contribution < 1.29 is 14.0 Å². The van der Waals surface area contributed by atoms with Crippen LogP contribution in [0.15, 0.2) is 18.2 Å². The summed E-state index contributed by atoms with van der Waals surface area (Å²) in [5.74, 6) is -1.29. The van der Waals surface area contributed by atoms with Gasteiger partial charge in [-0.25, -0.2) is 4.39 Å². The van der Waals surface area contributed by atoms with Crippen LogP contribution in [0.1, 0.15) is 15.9 Å². The Kier molecular flexibility index (Phi) is 1.84. The van der Waals surface area contributed by atoms with Crippen molar-refractivity contribution in [3.8, 4) is 0 Å². The molecule has 1 aromatic rings. The number of hydrogen-bond acceptors (Lipinski definition) is 2. The monoisotopic (exact) mass is 193 g/mol. The van der Waals surface area contributed by atoms with Crippen LogP contribution < -0.4 is 0 Å². The molecule has 1 aromatic carbocycles. The highest BCUT2D eigenvalue weighted by Crippen LogP contribution is 2.21. The van der Waals surface area contributed by atoms with Gasteiger partial charge in [0.1, 0.15) is 5.82 Å². The summed E-state index contributed by atoms with van der Waals surface area (Å²) in [6, 6.07) is 4.25. The number of carbonyl (C=O) groups is 2. The van der Waals surface area contributed by atoms with Gasteiger partial charge >= 0.3 is 0 Å². The van der Waals surface area contributed by atoms with Gasteiger partial charge in [0.25, 0.3) is 5.91 Å². The van der Waals surface area contributed by atoms with Crippen LogP contribution >= 0.6 is 0 Å². The molecule has 0 fully saturated rings. The van der Waals surface area contributed by atoms with Crippen LogP contribution in [0.4, 0.5) is 4.39 Å². The number of amides is 2. The van der Waals surface area contributed by atoms with Gasteiger partial charge in [0.15, 0.2) is 0 Å². The second-order valence-corrected chi connectivity index (χ2v) is 3.20. The molecule has 0 unspecified atom stereocenters. The number of rotatable bonds is 0. The molecule has 0 spiro atoms. The molecule has 4 heteroatoms. The average Bonchev–Trinajstić information content (AvgIpc) is 2.17. The number of carbonyl (C=O) groups excluding carboxylic acids is 2. The summed E-state index contributed by atoms with van der Waals surface area (Å²) in [6.45, 7) is 0. The van der Waals surface area contributed by atoms with Gasteiger partial charge in [0.2, 0.25) is 5.91 Å². The second kappa shape index (κ2) is 2.90. The van der Waals surface area contributed by atoms with E-state index < -0.39 is 11.7 Å². The lowest BCUT2D eigenvalue weighted by molar-refractivity contribution is -0.127. The van der Waals surface area contributed by atoms with E-state index in [1.54, 1.807) is 0 Å². The summed E-state index contributed by atoms with van der Waals surface area (Å²) in [6.07, 6.45) is -0.0375. The predicted octanol–water partition coefficient (Wildman–Crippen LogP) is 0.980. The number of imide groups is 1. The Morgan fingerprint density at radius 2 is 2.07 bits per heavy atom. The summed E-state index contributed by atoms with van der Waals surface area (Å²) in [5.41, 5.74) is 0.493. The molecule has 1 aliphatic heterocycles. The maximum absolute atomic E-state index is 13.2. The van der Waals surface area contributed by atoms with Crippen molar-refractivity contribution in [1.29, 1.82) is 0 Å². The van der Waals surface area contributed by atoms with Gasteiger partial charge in [-0.05, 0) is 12.1 Å². The normalized spacial score (nSPS) is 15.7. The molecule has 0 aromatic heterocycles. The number of likely N-dealkylation sites (N-methyl/N-ethyl adjacent to an activating group) is 1. The zero-order valence-electron chi connectivity index (χ0n) is 7.58. The Morgan fingerprint density at radius 3 is 2.79 bits per heavy atom. The second-order valence-electron chi connectivity index (χ2n) is 3.20. The van der Waals surface area contributed by atoms with Gasteiger partial charge in [0, 0.05) is 18.2 Å². The van der Waals surface area contributed by atoms with Crippen LogP contribution in [0.3, 0.4) is 0 Å². The maximum atomic E-state index is 13.2. The van der Waals surface area contributed by atoms with E-state index in [0.29, 0.717) is 0 Å². The molecule has 0 N–H and O–H groups in total. The van der Waals surface area contributed by atoms with Gasteiger partial charge in [0.05, 0.1) is 6.42 Å². The van der Waals surface area contributed by atoms with Gasteiger partial charge in [-0.2, -0.15) is 0 Å². The van der Waals surface area contributed by atoms with Gasteiger partial charge in [-0.3, -0.25) is 14.5 Å². The number of halogens is 1. The molecule has 0 radical (unpaired) electrons. The molecule has 14 heavy (non-hydrogen) atoms. The van der Waals surface area contributed by atoms with Crippen LogP contribution in [-0.2, 0) is 11.2 Å². The average molecular weight is 193 g/mol. The largest absolute Gasteiger partial charge is 0.281 e. The molecular formula is C10H8FNO2. The topological polar surface area (TPSA) is 37.4 Å². The van der Waals surface area contributed by atoms with Crippen molar-refractivity contribution in [2.24, 2.45) is 0 Å². The molecule has 1 heterocycles. The van der Waals surface area contributed by atoms with Gasteiger partial charge in [-0.15, -0.1) is 0 Å². The summed E-state index contributed by atoms with van der Waals surface area (Å²) in [4.78, 5) is 23.8. The van der Waals surface area contributed by atoms with E-state index in [4.69, 9.17) is 0 Å². The lowest BCUT2D eigenvalue weighted by Crippen LogP contribution is -2.39. The SMILES string of the molecule is CN1C(=O)Cc2c(F)cccc2C1=O. The first-order chi connectivity index (χ1) is 6.61. The van der Waals surface area contributed by atoms with Crippen LogP contribution in [0.5, 0.6) is 0 Å². The molecule has 0 atom stereocenters. The Morgan fingerprint density at radius 1 is 1.36 bits per heavy atom. The highest BCUT2D eigenvalue weighted by molar-refractivity contribution is 6.09. The number of hydrogen-bond donors (Lipinski definition) is 0. The lowest BCUT2D eigenvalue weighted by Gasteiger charge is -2.22. The quantitative estimate of drug-likeness (QED) is 0.576. The van der Waals surface area contributed by atoms with E-state index >= 15 is 0 Å². The number of nitrogens with zero attached hydrogens (tertiary/aromatic N) is 1. The summed E-state index contributed by atoms with van der Waals surface area (Å²) in [5, 5.41) is 0. The third-order valence-corrected chi connectivity index (χ3v) is 2.36. The first-order valence-electron chi connectivity index (χ1n) is 4.19. The highest BCUT2D eigenvalue weighted by Gasteiger charge is 2.29. The van der Waals surface area contributed by atoms with E-state index in [1.807, 2.05) is 0 Å². The smallest absolute Gasteiger partial charge is 0.260 e. The summed E-state index contributed by atoms with van der Waals surface area (Å²) >= 11 is 0. The highest BCUT2D eigenvalue weighted by atomic mass is 19.1. The van der Waals surface area contributed by atoms with Crippen molar-refractivity contribution in [2.45, 2.75) is 6.42 Å². The number of fused-ring (bicyclic) bond motifs is 1. The van der Waals surface area contributed by atoms with Crippen molar-refractivity contribution in [3.05, 3.63) is 35.1 Å². The van der Waals surface area contributed by atoms with Gasteiger partial charge in [-0.1, -0.05) is 6.07 Å². The number of benzene rings is 1. The predicted molar refractivity (Wildman–Crippen MR) is 47.2 cm³/mol. The zero-order chi connectivity index (χ0) is 10.3. The molecule has 1 aliphatic rings. The first kappa shape index (κ1) is 8.87. The fourth-order valence-corrected chi connectivity index (χ4v) is 1.50. The maximum Gasteiger partial charge on any atom is 0.260 e. The van der Waals surface area contributed by atoms with Crippen LogP contribution in [-0.4, -0.2) is 23.8 Å².